The van der Waals surface area contributed by atoms with Crippen molar-refractivity contribution in [2.24, 2.45) is 0 Å². The lowest BCUT2D eigenvalue weighted by Crippen LogP contribution is -1.98. The van der Waals surface area contributed by atoms with Crippen molar-refractivity contribution >= 4 is 34.8 Å². The Morgan fingerprint density at radius 3 is 2.46 bits per heavy atom. The second kappa shape index (κ2) is 7.62. The molecule has 4 aromatic rings. The summed E-state index contributed by atoms with van der Waals surface area (Å²) < 4.78 is 1.86. The maximum absolute atomic E-state index is 6.07. The van der Waals surface area contributed by atoms with E-state index in [0.29, 0.717) is 16.0 Å². The molecule has 0 saturated carbocycles. The van der Waals surface area contributed by atoms with Crippen molar-refractivity contribution in [3.05, 3.63) is 82.2 Å². The van der Waals surface area contributed by atoms with E-state index in [1.165, 1.54) is 5.56 Å². The topological polar surface area (TPSA) is 55.6 Å². The summed E-state index contributed by atoms with van der Waals surface area (Å²) in [6, 6.07) is 15.4. The van der Waals surface area contributed by atoms with Crippen molar-refractivity contribution < 1.29 is 0 Å². The van der Waals surface area contributed by atoms with E-state index in [-0.39, 0.29) is 0 Å². The SMILES string of the molecule is Cc1ccc(-n2cc(-c3ccnc(Nc4ccc(Cl)c(Cl)c4)n3)c(C)n2)cc1. The Bertz CT molecular complexity index is 1140. The first-order chi connectivity index (χ1) is 13.5. The normalized spacial score (nSPS) is 10.9. The molecule has 7 heteroatoms. The van der Waals surface area contributed by atoms with Crippen LogP contribution >= 0.6 is 23.2 Å². The van der Waals surface area contributed by atoms with Crippen LogP contribution in [0.2, 0.25) is 10.0 Å². The van der Waals surface area contributed by atoms with Gasteiger partial charge in [-0.05, 0) is 50.2 Å². The van der Waals surface area contributed by atoms with Gasteiger partial charge in [0.25, 0.3) is 0 Å². The molecule has 0 amide bonds. The number of rotatable bonds is 4. The second-order valence-corrected chi connectivity index (χ2v) is 7.24. The van der Waals surface area contributed by atoms with Crippen LogP contribution < -0.4 is 5.32 Å². The average Bonchev–Trinajstić information content (AvgIpc) is 3.07. The van der Waals surface area contributed by atoms with E-state index in [1.54, 1.807) is 18.3 Å². The highest BCUT2D eigenvalue weighted by Crippen LogP contribution is 2.27. The first kappa shape index (κ1) is 18.5. The van der Waals surface area contributed by atoms with E-state index in [9.17, 15) is 0 Å². The lowest BCUT2D eigenvalue weighted by atomic mass is 10.2. The van der Waals surface area contributed by atoms with Crippen molar-refractivity contribution in [2.75, 3.05) is 5.32 Å². The van der Waals surface area contributed by atoms with Crippen LogP contribution in [0.1, 0.15) is 11.3 Å². The number of aromatic nitrogens is 4. The Labute approximate surface area is 173 Å². The highest BCUT2D eigenvalue weighted by Gasteiger charge is 2.11. The lowest BCUT2D eigenvalue weighted by molar-refractivity contribution is 0.862. The monoisotopic (exact) mass is 409 g/mol. The van der Waals surface area contributed by atoms with Crippen LogP contribution in [0.15, 0.2) is 60.9 Å². The van der Waals surface area contributed by atoms with Crippen molar-refractivity contribution in [3.63, 3.8) is 0 Å². The zero-order chi connectivity index (χ0) is 19.7. The number of hydrogen-bond acceptors (Lipinski definition) is 4. The lowest BCUT2D eigenvalue weighted by Gasteiger charge is -2.07. The minimum Gasteiger partial charge on any atom is -0.324 e. The maximum Gasteiger partial charge on any atom is 0.227 e. The molecule has 28 heavy (non-hydrogen) atoms. The number of anilines is 2. The van der Waals surface area contributed by atoms with Crippen LogP contribution in [-0.2, 0) is 0 Å². The molecule has 5 nitrogen and oxygen atoms in total. The van der Waals surface area contributed by atoms with Gasteiger partial charge < -0.3 is 5.32 Å². The summed E-state index contributed by atoms with van der Waals surface area (Å²) in [4.78, 5) is 8.91. The average molecular weight is 410 g/mol. The third kappa shape index (κ3) is 3.86. The van der Waals surface area contributed by atoms with Gasteiger partial charge in [-0.3, -0.25) is 0 Å². The standard InChI is InChI=1S/C21H17Cl2N5/c1-13-3-6-16(7-4-13)28-12-17(14(2)27-28)20-9-10-24-21(26-20)25-15-5-8-18(22)19(23)11-15/h3-12H,1-2H3,(H,24,25,26). The van der Waals surface area contributed by atoms with Gasteiger partial charge in [0, 0.05) is 23.6 Å². The molecular weight excluding hydrogens is 393 g/mol. The van der Waals surface area contributed by atoms with Gasteiger partial charge in [-0.15, -0.1) is 0 Å². The zero-order valence-corrected chi connectivity index (χ0v) is 16.8. The van der Waals surface area contributed by atoms with Gasteiger partial charge in [-0.25, -0.2) is 14.6 Å². The molecule has 0 saturated heterocycles. The molecule has 140 valence electrons. The van der Waals surface area contributed by atoms with Crippen LogP contribution in [0.5, 0.6) is 0 Å². The Morgan fingerprint density at radius 1 is 0.929 bits per heavy atom. The summed E-state index contributed by atoms with van der Waals surface area (Å²) >= 11 is 12.0. The third-order valence-corrected chi connectivity index (χ3v) is 5.04. The van der Waals surface area contributed by atoms with Crippen LogP contribution in [0.3, 0.4) is 0 Å². The van der Waals surface area contributed by atoms with Crippen molar-refractivity contribution in [2.45, 2.75) is 13.8 Å². The van der Waals surface area contributed by atoms with E-state index in [0.717, 1.165) is 28.3 Å². The highest BCUT2D eigenvalue weighted by molar-refractivity contribution is 6.42. The molecule has 0 aliphatic carbocycles. The summed E-state index contributed by atoms with van der Waals surface area (Å²) in [6.45, 7) is 4.03. The fraction of sp³-hybridized carbons (Fsp3) is 0.0952. The molecule has 0 bridgehead atoms. The van der Waals surface area contributed by atoms with Gasteiger partial charge in [0.2, 0.25) is 5.95 Å². The van der Waals surface area contributed by atoms with Crippen molar-refractivity contribution in [1.29, 1.82) is 0 Å². The zero-order valence-electron chi connectivity index (χ0n) is 15.3. The first-order valence-corrected chi connectivity index (χ1v) is 9.44. The summed E-state index contributed by atoms with van der Waals surface area (Å²) in [5, 5.41) is 8.75. The van der Waals surface area contributed by atoms with Crippen LogP contribution in [0, 0.1) is 13.8 Å². The number of nitrogens with zero attached hydrogens (tertiary/aromatic N) is 4. The van der Waals surface area contributed by atoms with Gasteiger partial charge in [0.15, 0.2) is 0 Å². The fourth-order valence-electron chi connectivity index (χ4n) is 2.81. The predicted molar refractivity (Wildman–Crippen MR) is 114 cm³/mol. The van der Waals surface area contributed by atoms with Crippen LogP contribution in [-0.4, -0.2) is 19.7 Å². The fourth-order valence-corrected chi connectivity index (χ4v) is 3.11. The molecule has 0 atom stereocenters. The molecule has 0 spiro atoms. The van der Waals surface area contributed by atoms with E-state index >= 15 is 0 Å². The van der Waals surface area contributed by atoms with Crippen LogP contribution in [0.25, 0.3) is 16.9 Å². The summed E-state index contributed by atoms with van der Waals surface area (Å²) in [6.07, 6.45) is 3.69. The Balaban J connectivity index is 1.64. The molecule has 0 fully saturated rings. The largest absolute Gasteiger partial charge is 0.324 e. The Kier molecular flexibility index (Phi) is 5.03. The molecule has 2 heterocycles. The molecule has 2 aromatic heterocycles. The number of halogens is 2. The number of hydrogen-bond donors (Lipinski definition) is 1. The highest BCUT2D eigenvalue weighted by atomic mass is 35.5. The molecular formula is C21H17Cl2N5. The summed E-state index contributed by atoms with van der Waals surface area (Å²) in [5.74, 6) is 0.471. The van der Waals surface area contributed by atoms with Gasteiger partial charge >= 0.3 is 0 Å². The van der Waals surface area contributed by atoms with Crippen LogP contribution in [0.4, 0.5) is 11.6 Å². The van der Waals surface area contributed by atoms with E-state index in [1.807, 2.05) is 42.1 Å². The quantitative estimate of drug-likeness (QED) is 0.449. The maximum atomic E-state index is 6.07. The van der Waals surface area contributed by atoms with E-state index in [4.69, 9.17) is 23.2 Å². The molecule has 0 unspecified atom stereocenters. The summed E-state index contributed by atoms with van der Waals surface area (Å²) in [7, 11) is 0. The van der Waals surface area contributed by atoms with Gasteiger partial charge in [0.05, 0.1) is 27.1 Å². The number of nitrogens with one attached hydrogen (secondary N) is 1. The van der Waals surface area contributed by atoms with Gasteiger partial charge in [0.1, 0.15) is 0 Å². The smallest absolute Gasteiger partial charge is 0.227 e. The molecule has 4 rings (SSSR count). The molecule has 0 aliphatic heterocycles. The molecule has 0 aliphatic rings. The van der Waals surface area contributed by atoms with Crippen molar-refractivity contribution in [3.8, 4) is 16.9 Å². The predicted octanol–water partition coefficient (Wildman–Crippen LogP) is 6.00. The second-order valence-electron chi connectivity index (χ2n) is 6.43. The van der Waals surface area contributed by atoms with E-state index in [2.05, 4.69) is 39.4 Å². The molecule has 0 radical (unpaired) electrons. The minimum atomic E-state index is 0.470. The number of benzene rings is 2. The first-order valence-electron chi connectivity index (χ1n) is 8.68. The number of aryl methyl sites for hydroxylation is 2. The van der Waals surface area contributed by atoms with Crippen molar-refractivity contribution in [1.82, 2.24) is 19.7 Å². The van der Waals surface area contributed by atoms with E-state index < -0.39 is 0 Å². The Hall–Kier alpha value is -2.89. The Morgan fingerprint density at radius 2 is 1.71 bits per heavy atom. The minimum absolute atomic E-state index is 0.470. The summed E-state index contributed by atoms with van der Waals surface area (Å²) in [5.41, 5.74) is 5.59. The third-order valence-electron chi connectivity index (χ3n) is 4.30. The molecule has 2 aromatic carbocycles. The van der Waals surface area contributed by atoms with Gasteiger partial charge in [-0.1, -0.05) is 40.9 Å². The van der Waals surface area contributed by atoms with Gasteiger partial charge in [-0.2, -0.15) is 5.10 Å². The molecule has 1 N–H and O–H groups in total.